The summed E-state index contributed by atoms with van der Waals surface area (Å²) in [4.78, 5) is 0. The highest BCUT2D eigenvalue weighted by molar-refractivity contribution is 5.44. The Bertz CT molecular complexity index is 342. The first kappa shape index (κ1) is 11.1. The van der Waals surface area contributed by atoms with Gasteiger partial charge in [-0.2, -0.15) is 0 Å². The maximum Gasteiger partial charge on any atom is 0.119 e. The molecule has 78 valence electrons. The molecule has 0 aliphatic heterocycles. The maximum atomic E-state index is 9.83. The minimum absolute atomic E-state index is 0.164. The number of hydrogen-bond acceptors (Lipinski definition) is 2. The monoisotopic (exact) mass is 193 g/mol. The fourth-order valence-corrected chi connectivity index (χ4v) is 1.45. The molecular weight excluding hydrogens is 174 g/mol. The zero-order chi connectivity index (χ0) is 10.9. The van der Waals surface area contributed by atoms with Crippen molar-refractivity contribution in [2.75, 3.05) is 6.54 Å². The number of aromatic hydroxyl groups is 1. The van der Waals surface area contributed by atoms with Crippen LogP contribution < -0.4 is 5.73 Å². The Labute approximate surface area is 85.8 Å². The van der Waals surface area contributed by atoms with Crippen LogP contribution in [0.25, 0.3) is 0 Å². The fraction of sp³-hybridized carbons (Fsp3) is 0.500. The van der Waals surface area contributed by atoms with Gasteiger partial charge in [-0.25, -0.2) is 0 Å². The zero-order valence-corrected chi connectivity index (χ0v) is 9.39. The van der Waals surface area contributed by atoms with Crippen LogP contribution in [-0.4, -0.2) is 11.7 Å². The summed E-state index contributed by atoms with van der Waals surface area (Å²) in [5, 5.41) is 9.83. The van der Waals surface area contributed by atoms with Gasteiger partial charge < -0.3 is 10.8 Å². The standard InChI is InChI=1S/C12H19NO/c1-8-5-10(12(3,4)7-13)11(14)6-9(8)2/h5-6,14H,7,13H2,1-4H3. The van der Waals surface area contributed by atoms with E-state index in [9.17, 15) is 5.11 Å². The molecule has 0 aliphatic carbocycles. The number of rotatable bonds is 2. The number of nitrogens with two attached hydrogens (primary N) is 1. The van der Waals surface area contributed by atoms with E-state index in [4.69, 9.17) is 5.73 Å². The predicted molar refractivity (Wildman–Crippen MR) is 59.7 cm³/mol. The summed E-state index contributed by atoms with van der Waals surface area (Å²) >= 11 is 0. The summed E-state index contributed by atoms with van der Waals surface area (Å²) < 4.78 is 0. The molecule has 0 amide bonds. The maximum absolute atomic E-state index is 9.83. The smallest absolute Gasteiger partial charge is 0.119 e. The summed E-state index contributed by atoms with van der Waals surface area (Å²) in [6, 6.07) is 3.83. The lowest BCUT2D eigenvalue weighted by molar-refractivity contribution is 0.437. The molecule has 14 heavy (non-hydrogen) atoms. The molecule has 3 N–H and O–H groups in total. The van der Waals surface area contributed by atoms with Crippen LogP contribution in [0.15, 0.2) is 12.1 Å². The Morgan fingerprint density at radius 2 is 1.71 bits per heavy atom. The molecule has 0 bridgehead atoms. The van der Waals surface area contributed by atoms with Crippen molar-refractivity contribution in [2.45, 2.75) is 33.1 Å². The summed E-state index contributed by atoms with van der Waals surface area (Å²) in [5.41, 5.74) is 8.76. The molecule has 1 aromatic carbocycles. The summed E-state index contributed by atoms with van der Waals surface area (Å²) in [6.45, 7) is 8.65. The van der Waals surface area contributed by atoms with Gasteiger partial charge in [0.25, 0.3) is 0 Å². The number of hydrogen-bond donors (Lipinski definition) is 2. The molecule has 0 saturated heterocycles. The van der Waals surface area contributed by atoms with Crippen molar-refractivity contribution in [3.05, 3.63) is 28.8 Å². The van der Waals surface area contributed by atoms with Gasteiger partial charge in [0.2, 0.25) is 0 Å². The number of benzene rings is 1. The van der Waals surface area contributed by atoms with Crippen LogP contribution in [0, 0.1) is 13.8 Å². The molecule has 0 spiro atoms. The molecule has 1 rings (SSSR count). The molecule has 0 heterocycles. The van der Waals surface area contributed by atoms with Crippen molar-refractivity contribution in [3.63, 3.8) is 0 Å². The topological polar surface area (TPSA) is 46.2 Å². The third-order valence-electron chi connectivity index (χ3n) is 2.85. The van der Waals surface area contributed by atoms with Crippen molar-refractivity contribution in [2.24, 2.45) is 5.73 Å². The molecule has 0 aromatic heterocycles. The second-order valence-electron chi connectivity index (χ2n) is 4.54. The quantitative estimate of drug-likeness (QED) is 0.756. The summed E-state index contributed by atoms with van der Waals surface area (Å²) in [5.74, 6) is 0.351. The second-order valence-corrected chi connectivity index (χ2v) is 4.54. The molecule has 2 nitrogen and oxygen atoms in total. The predicted octanol–water partition coefficient (Wildman–Crippen LogP) is 2.25. The van der Waals surface area contributed by atoms with Gasteiger partial charge in [0.1, 0.15) is 5.75 Å². The van der Waals surface area contributed by atoms with E-state index >= 15 is 0 Å². The van der Waals surface area contributed by atoms with Crippen molar-refractivity contribution in [1.82, 2.24) is 0 Å². The molecule has 2 heteroatoms. The second kappa shape index (κ2) is 3.62. The summed E-state index contributed by atoms with van der Waals surface area (Å²) in [6.07, 6.45) is 0. The Morgan fingerprint density at radius 1 is 1.21 bits per heavy atom. The van der Waals surface area contributed by atoms with Gasteiger partial charge in [0.15, 0.2) is 0 Å². The fourth-order valence-electron chi connectivity index (χ4n) is 1.45. The van der Waals surface area contributed by atoms with Crippen LogP contribution in [0.5, 0.6) is 5.75 Å². The molecule has 0 unspecified atom stereocenters. The van der Waals surface area contributed by atoms with E-state index in [1.165, 1.54) is 5.56 Å². The average Bonchev–Trinajstić information content (AvgIpc) is 2.11. The Hall–Kier alpha value is -1.02. The van der Waals surface area contributed by atoms with E-state index in [0.717, 1.165) is 11.1 Å². The van der Waals surface area contributed by atoms with E-state index < -0.39 is 0 Å². The zero-order valence-electron chi connectivity index (χ0n) is 9.39. The largest absolute Gasteiger partial charge is 0.508 e. The lowest BCUT2D eigenvalue weighted by Gasteiger charge is -2.25. The van der Waals surface area contributed by atoms with Gasteiger partial charge >= 0.3 is 0 Å². The van der Waals surface area contributed by atoms with Crippen molar-refractivity contribution in [3.8, 4) is 5.75 Å². The minimum atomic E-state index is -0.164. The lowest BCUT2D eigenvalue weighted by Crippen LogP contribution is -2.28. The highest BCUT2D eigenvalue weighted by atomic mass is 16.3. The van der Waals surface area contributed by atoms with Crippen LogP contribution >= 0.6 is 0 Å². The SMILES string of the molecule is Cc1cc(O)c(C(C)(C)CN)cc1C. The van der Waals surface area contributed by atoms with Gasteiger partial charge in [-0.1, -0.05) is 19.9 Å². The van der Waals surface area contributed by atoms with E-state index in [0.29, 0.717) is 12.3 Å². The van der Waals surface area contributed by atoms with Crippen LogP contribution in [0.3, 0.4) is 0 Å². The Balaban J connectivity index is 3.29. The van der Waals surface area contributed by atoms with Crippen molar-refractivity contribution >= 4 is 0 Å². The van der Waals surface area contributed by atoms with Gasteiger partial charge in [-0.3, -0.25) is 0 Å². The van der Waals surface area contributed by atoms with Crippen LogP contribution in [0.1, 0.15) is 30.5 Å². The van der Waals surface area contributed by atoms with E-state index in [1.807, 2.05) is 39.8 Å². The van der Waals surface area contributed by atoms with Crippen LogP contribution in [0.2, 0.25) is 0 Å². The van der Waals surface area contributed by atoms with E-state index in [2.05, 4.69) is 0 Å². The van der Waals surface area contributed by atoms with Crippen molar-refractivity contribution < 1.29 is 5.11 Å². The molecule has 1 aromatic rings. The van der Waals surface area contributed by atoms with Crippen molar-refractivity contribution in [1.29, 1.82) is 0 Å². The first-order chi connectivity index (χ1) is 6.38. The lowest BCUT2D eigenvalue weighted by atomic mass is 9.83. The summed E-state index contributed by atoms with van der Waals surface area (Å²) in [7, 11) is 0. The van der Waals surface area contributed by atoms with Crippen LogP contribution in [-0.2, 0) is 5.41 Å². The van der Waals surface area contributed by atoms with Gasteiger partial charge in [-0.05, 0) is 31.0 Å². The Morgan fingerprint density at radius 3 is 2.21 bits per heavy atom. The van der Waals surface area contributed by atoms with Gasteiger partial charge in [0.05, 0.1) is 0 Å². The molecule has 0 fully saturated rings. The average molecular weight is 193 g/mol. The van der Waals surface area contributed by atoms with E-state index in [1.54, 1.807) is 0 Å². The highest BCUT2D eigenvalue weighted by Crippen LogP contribution is 2.32. The number of aryl methyl sites for hydroxylation is 2. The number of phenolic OH excluding ortho intramolecular Hbond substituents is 1. The van der Waals surface area contributed by atoms with Crippen LogP contribution in [0.4, 0.5) is 0 Å². The molecule has 0 saturated carbocycles. The molecular formula is C12H19NO. The Kier molecular flexibility index (Phi) is 2.86. The minimum Gasteiger partial charge on any atom is -0.508 e. The molecule has 0 aliphatic rings. The highest BCUT2D eigenvalue weighted by Gasteiger charge is 2.22. The first-order valence-electron chi connectivity index (χ1n) is 4.89. The molecule has 0 atom stereocenters. The third-order valence-corrected chi connectivity index (χ3v) is 2.85. The van der Waals surface area contributed by atoms with E-state index in [-0.39, 0.29) is 5.41 Å². The first-order valence-corrected chi connectivity index (χ1v) is 4.89. The molecule has 0 radical (unpaired) electrons. The van der Waals surface area contributed by atoms with Gasteiger partial charge in [0, 0.05) is 17.5 Å². The van der Waals surface area contributed by atoms with Gasteiger partial charge in [-0.15, -0.1) is 0 Å². The normalized spacial score (nSPS) is 11.8. The third kappa shape index (κ3) is 1.90. The number of phenols is 1.